The maximum atomic E-state index is 11.5. The predicted octanol–water partition coefficient (Wildman–Crippen LogP) is 0.0617. The summed E-state index contributed by atoms with van der Waals surface area (Å²) < 4.78 is 0. The summed E-state index contributed by atoms with van der Waals surface area (Å²) in [5.74, 6) is 5.44. The van der Waals surface area contributed by atoms with E-state index in [4.69, 9.17) is 5.84 Å². The van der Waals surface area contributed by atoms with Gasteiger partial charge in [-0.25, -0.2) is 25.3 Å². The number of carbonyl (C=O) groups is 2. The van der Waals surface area contributed by atoms with Crippen LogP contribution in [0, 0.1) is 0 Å². The molecule has 3 N–H and O–H groups in total. The third-order valence-electron chi connectivity index (χ3n) is 1.91. The quantitative estimate of drug-likeness (QED) is 0.449. The zero-order chi connectivity index (χ0) is 10.2. The molecule has 74 valence electrons. The zero-order valence-electron chi connectivity index (χ0n) is 7.94. The lowest BCUT2D eigenvalue weighted by Gasteiger charge is -2.38. The number of nitrogens with zero attached hydrogens (tertiary/aromatic N) is 2. The van der Waals surface area contributed by atoms with Crippen molar-refractivity contribution >= 4 is 12.1 Å². The standard InChI is InChI=1S/C7H14N4O2/c1-4(2)10-6(12)9-5(3)11(8)7(10)13/h4-5H,8H2,1-3H3,(H,9,12). The van der Waals surface area contributed by atoms with Crippen molar-refractivity contribution in [2.24, 2.45) is 5.84 Å². The Morgan fingerprint density at radius 2 is 2.00 bits per heavy atom. The number of imide groups is 1. The summed E-state index contributed by atoms with van der Waals surface area (Å²) >= 11 is 0. The number of carbonyl (C=O) groups excluding carboxylic acids is 2. The van der Waals surface area contributed by atoms with Crippen molar-refractivity contribution in [1.82, 2.24) is 15.2 Å². The van der Waals surface area contributed by atoms with E-state index in [9.17, 15) is 9.59 Å². The average molecular weight is 186 g/mol. The Bertz CT molecular complexity index is 241. The zero-order valence-corrected chi connectivity index (χ0v) is 7.94. The maximum Gasteiger partial charge on any atom is 0.344 e. The van der Waals surface area contributed by atoms with Gasteiger partial charge in [-0.2, -0.15) is 0 Å². The van der Waals surface area contributed by atoms with Crippen molar-refractivity contribution in [2.75, 3.05) is 0 Å². The van der Waals surface area contributed by atoms with Gasteiger partial charge in [-0.15, -0.1) is 0 Å². The molecule has 1 saturated heterocycles. The molecule has 4 amide bonds. The number of nitrogens with one attached hydrogen (secondary N) is 1. The number of rotatable bonds is 1. The van der Waals surface area contributed by atoms with Crippen LogP contribution in [0.5, 0.6) is 0 Å². The lowest BCUT2D eigenvalue weighted by Crippen LogP contribution is -2.67. The predicted molar refractivity (Wildman–Crippen MR) is 46.4 cm³/mol. The van der Waals surface area contributed by atoms with Crippen LogP contribution in [-0.2, 0) is 0 Å². The van der Waals surface area contributed by atoms with E-state index >= 15 is 0 Å². The molecule has 0 aromatic carbocycles. The molecular weight excluding hydrogens is 172 g/mol. The SMILES string of the molecule is CC1NC(=O)N(C(C)C)C(=O)N1N. The highest BCUT2D eigenvalue weighted by atomic mass is 16.2. The molecule has 0 radical (unpaired) electrons. The highest BCUT2D eigenvalue weighted by Crippen LogP contribution is 2.09. The number of hydrazine groups is 1. The number of hydrogen-bond donors (Lipinski definition) is 2. The van der Waals surface area contributed by atoms with Crippen LogP contribution in [0.25, 0.3) is 0 Å². The first kappa shape index (κ1) is 9.79. The summed E-state index contributed by atoms with van der Waals surface area (Å²) in [7, 11) is 0. The van der Waals surface area contributed by atoms with Gasteiger partial charge in [0, 0.05) is 6.04 Å². The normalized spacial score (nSPS) is 23.9. The summed E-state index contributed by atoms with van der Waals surface area (Å²) in [6, 6.07) is -1.05. The molecule has 1 rings (SSSR count). The summed E-state index contributed by atoms with van der Waals surface area (Å²) in [5, 5.41) is 3.56. The molecule has 6 nitrogen and oxygen atoms in total. The molecule has 6 heteroatoms. The molecule has 1 fully saturated rings. The van der Waals surface area contributed by atoms with Gasteiger partial charge >= 0.3 is 12.1 Å². The Labute approximate surface area is 76.6 Å². The molecule has 1 heterocycles. The first-order valence-electron chi connectivity index (χ1n) is 4.12. The van der Waals surface area contributed by atoms with Crippen molar-refractivity contribution in [2.45, 2.75) is 33.0 Å². The second-order valence-corrected chi connectivity index (χ2v) is 3.28. The summed E-state index contributed by atoms with van der Waals surface area (Å²) in [5.41, 5.74) is 0. The largest absolute Gasteiger partial charge is 0.344 e. The Morgan fingerprint density at radius 1 is 1.46 bits per heavy atom. The Kier molecular flexibility index (Phi) is 2.42. The molecule has 0 saturated carbocycles. The molecule has 0 aliphatic carbocycles. The van der Waals surface area contributed by atoms with Crippen LogP contribution < -0.4 is 11.2 Å². The van der Waals surface area contributed by atoms with Crippen molar-refractivity contribution in [3.8, 4) is 0 Å². The summed E-state index contributed by atoms with van der Waals surface area (Å²) in [6.45, 7) is 5.15. The van der Waals surface area contributed by atoms with Crippen LogP contribution >= 0.6 is 0 Å². The van der Waals surface area contributed by atoms with E-state index in [0.717, 1.165) is 9.91 Å². The highest BCUT2D eigenvalue weighted by molar-refractivity contribution is 5.96. The second-order valence-electron chi connectivity index (χ2n) is 3.28. The molecule has 1 atom stereocenters. The number of hydrogen-bond acceptors (Lipinski definition) is 3. The molecule has 0 bridgehead atoms. The van der Waals surface area contributed by atoms with Gasteiger partial charge in [0.1, 0.15) is 6.17 Å². The van der Waals surface area contributed by atoms with Gasteiger partial charge in [-0.1, -0.05) is 0 Å². The highest BCUT2D eigenvalue weighted by Gasteiger charge is 2.35. The molecule has 0 aromatic heterocycles. The van der Waals surface area contributed by atoms with Gasteiger partial charge in [-0.05, 0) is 20.8 Å². The summed E-state index contributed by atoms with van der Waals surface area (Å²) in [4.78, 5) is 23.9. The van der Waals surface area contributed by atoms with E-state index in [-0.39, 0.29) is 6.04 Å². The van der Waals surface area contributed by atoms with Gasteiger partial charge in [0.05, 0.1) is 0 Å². The van der Waals surface area contributed by atoms with Crippen LogP contribution in [-0.4, -0.2) is 34.2 Å². The van der Waals surface area contributed by atoms with Gasteiger partial charge in [0.2, 0.25) is 0 Å². The van der Waals surface area contributed by atoms with E-state index < -0.39 is 18.2 Å². The fourth-order valence-electron chi connectivity index (χ4n) is 1.15. The van der Waals surface area contributed by atoms with E-state index in [1.165, 1.54) is 0 Å². The Morgan fingerprint density at radius 3 is 2.46 bits per heavy atom. The lowest BCUT2D eigenvalue weighted by atomic mass is 10.3. The molecule has 1 unspecified atom stereocenters. The van der Waals surface area contributed by atoms with E-state index in [0.29, 0.717) is 0 Å². The van der Waals surface area contributed by atoms with Crippen LogP contribution in [0.1, 0.15) is 20.8 Å². The van der Waals surface area contributed by atoms with E-state index in [1.807, 2.05) is 0 Å². The monoisotopic (exact) mass is 186 g/mol. The average Bonchev–Trinajstić information content (AvgIpc) is 1.99. The van der Waals surface area contributed by atoms with Gasteiger partial charge in [0.15, 0.2) is 0 Å². The minimum absolute atomic E-state index is 0.189. The number of urea groups is 2. The maximum absolute atomic E-state index is 11.5. The minimum Gasteiger partial charge on any atom is -0.316 e. The molecule has 0 spiro atoms. The van der Waals surface area contributed by atoms with Gasteiger partial charge in [0.25, 0.3) is 0 Å². The van der Waals surface area contributed by atoms with Gasteiger partial charge in [-0.3, -0.25) is 0 Å². The first-order chi connectivity index (χ1) is 5.95. The third kappa shape index (κ3) is 1.57. The molecule has 13 heavy (non-hydrogen) atoms. The van der Waals surface area contributed by atoms with Crippen LogP contribution in [0.4, 0.5) is 9.59 Å². The molecular formula is C7H14N4O2. The van der Waals surface area contributed by atoms with Crippen LogP contribution in [0.2, 0.25) is 0 Å². The number of nitrogens with two attached hydrogens (primary N) is 1. The smallest absolute Gasteiger partial charge is 0.316 e. The molecule has 1 aliphatic heterocycles. The van der Waals surface area contributed by atoms with Crippen molar-refractivity contribution < 1.29 is 9.59 Å². The second kappa shape index (κ2) is 3.21. The van der Waals surface area contributed by atoms with Crippen LogP contribution in [0.3, 0.4) is 0 Å². The van der Waals surface area contributed by atoms with Crippen molar-refractivity contribution in [3.05, 3.63) is 0 Å². The minimum atomic E-state index is -0.466. The summed E-state index contributed by atoms with van der Waals surface area (Å²) in [6.07, 6.45) is -0.449. The van der Waals surface area contributed by atoms with Gasteiger partial charge < -0.3 is 5.32 Å². The Hall–Kier alpha value is -1.30. The fraction of sp³-hybridized carbons (Fsp3) is 0.714. The lowest BCUT2D eigenvalue weighted by molar-refractivity contribution is 0.0988. The van der Waals surface area contributed by atoms with E-state index in [1.54, 1.807) is 20.8 Å². The topological polar surface area (TPSA) is 78.7 Å². The van der Waals surface area contributed by atoms with Crippen molar-refractivity contribution in [1.29, 1.82) is 0 Å². The molecule has 1 aliphatic rings. The third-order valence-corrected chi connectivity index (χ3v) is 1.91. The molecule has 0 aromatic rings. The number of amides is 4. The fourth-order valence-corrected chi connectivity index (χ4v) is 1.15. The van der Waals surface area contributed by atoms with E-state index in [2.05, 4.69) is 5.32 Å². The first-order valence-corrected chi connectivity index (χ1v) is 4.12. The van der Waals surface area contributed by atoms with Crippen molar-refractivity contribution in [3.63, 3.8) is 0 Å². The Balaban J connectivity index is 2.86. The van der Waals surface area contributed by atoms with Crippen LogP contribution in [0.15, 0.2) is 0 Å².